The molecule has 0 saturated carbocycles. The van der Waals surface area contributed by atoms with Crippen LogP contribution in [0.4, 0.5) is 11.4 Å². The van der Waals surface area contributed by atoms with Crippen LogP contribution in [-0.4, -0.2) is 18.7 Å². The third-order valence-electron chi connectivity index (χ3n) is 6.54. The van der Waals surface area contributed by atoms with Crippen LogP contribution in [0.25, 0.3) is 0 Å². The molecule has 0 aromatic heterocycles. The standard InChI is InChI=1S/C29H28N2O3/c1-29(2)16-24-26(25(32)17-29)27(19-10-7-11-21(14-19)34-3)31-22-13-12-20(15-23(22)30-24)28(33)18-8-5-4-6-9-18/h4-15,27,30-31H,16-17H2,1-3H3. The number of allylic oxidation sites excluding steroid dienone is 1. The van der Waals surface area contributed by atoms with Crippen LogP contribution in [0, 0.1) is 5.41 Å². The number of hydrogen-bond acceptors (Lipinski definition) is 5. The minimum absolute atomic E-state index is 0.0342. The molecule has 1 unspecified atom stereocenters. The van der Waals surface area contributed by atoms with E-state index in [4.69, 9.17) is 4.74 Å². The molecule has 0 amide bonds. The van der Waals surface area contributed by atoms with Crippen molar-refractivity contribution in [2.75, 3.05) is 17.7 Å². The average Bonchev–Trinajstić information content (AvgIpc) is 2.99. The first-order chi connectivity index (χ1) is 16.3. The Bertz CT molecular complexity index is 1310. The van der Waals surface area contributed by atoms with Crippen LogP contribution in [-0.2, 0) is 4.79 Å². The van der Waals surface area contributed by atoms with E-state index < -0.39 is 0 Å². The molecule has 3 aromatic carbocycles. The van der Waals surface area contributed by atoms with Crippen molar-refractivity contribution in [3.05, 3.63) is 101 Å². The molecule has 2 aliphatic rings. The monoisotopic (exact) mass is 452 g/mol. The van der Waals surface area contributed by atoms with E-state index in [1.165, 1.54) is 0 Å². The first-order valence-corrected chi connectivity index (χ1v) is 11.5. The second-order valence-corrected chi connectivity index (χ2v) is 9.77. The Balaban J connectivity index is 1.61. The Morgan fingerprint density at radius 2 is 1.71 bits per heavy atom. The lowest BCUT2D eigenvalue weighted by Crippen LogP contribution is -2.31. The molecule has 5 heteroatoms. The number of ketones is 2. The van der Waals surface area contributed by atoms with Gasteiger partial charge in [0.2, 0.25) is 0 Å². The number of benzene rings is 3. The molecule has 0 saturated heterocycles. The number of Topliss-reactive ketones (excluding diaryl/α,β-unsaturated/α-hetero) is 1. The zero-order chi connectivity index (χ0) is 23.9. The molecular weight excluding hydrogens is 424 g/mol. The predicted octanol–water partition coefficient (Wildman–Crippen LogP) is 6.15. The second-order valence-electron chi connectivity index (χ2n) is 9.77. The summed E-state index contributed by atoms with van der Waals surface area (Å²) >= 11 is 0. The largest absolute Gasteiger partial charge is 0.497 e. The Kier molecular flexibility index (Phi) is 5.48. The zero-order valence-corrected chi connectivity index (χ0v) is 19.6. The second kappa shape index (κ2) is 8.49. The molecule has 0 radical (unpaired) electrons. The molecule has 2 N–H and O–H groups in total. The Hall–Kier alpha value is -3.86. The molecule has 1 aliphatic carbocycles. The van der Waals surface area contributed by atoms with Crippen LogP contribution in [0.1, 0.15) is 54.2 Å². The maximum absolute atomic E-state index is 13.4. The number of hydrogen-bond donors (Lipinski definition) is 2. The van der Waals surface area contributed by atoms with Crippen molar-refractivity contribution in [1.82, 2.24) is 0 Å². The van der Waals surface area contributed by atoms with Crippen LogP contribution in [0.2, 0.25) is 0 Å². The van der Waals surface area contributed by atoms with Crippen LogP contribution < -0.4 is 15.4 Å². The molecule has 0 spiro atoms. The Morgan fingerprint density at radius 1 is 0.912 bits per heavy atom. The molecule has 172 valence electrons. The predicted molar refractivity (Wildman–Crippen MR) is 134 cm³/mol. The lowest BCUT2D eigenvalue weighted by atomic mass is 9.73. The van der Waals surface area contributed by atoms with E-state index in [-0.39, 0.29) is 23.0 Å². The number of carbonyl (C=O) groups excluding carboxylic acids is 2. The van der Waals surface area contributed by atoms with E-state index in [0.29, 0.717) is 17.5 Å². The molecule has 0 fully saturated rings. The summed E-state index contributed by atoms with van der Waals surface area (Å²) in [6, 6.07) is 22.4. The van der Waals surface area contributed by atoms with Crippen molar-refractivity contribution in [2.24, 2.45) is 5.41 Å². The van der Waals surface area contributed by atoms with Crippen molar-refractivity contribution in [3.8, 4) is 5.75 Å². The molecule has 1 aliphatic heterocycles. The summed E-state index contributed by atoms with van der Waals surface area (Å²) in [6.45, 7) is 4.23. The number of carbonyl (C=O) groups is 2. The van der Waals surface area contributed by atoms with Crippen molar-refractivity contribution < 1.29 is 14.3 Å². The summed E-state index contributed by atoms with van der Waals surface area (Å²) < 4.78 is 5.44. The van der Waals surface area contributed by atoms with Gasteiger partial charge in [0.15, 0.2) is 11.6 Å². The minimum atomic E-state index is -0.321. The highest BCUT2D eigenvalue weighted by Gasteiger charge is 2.38. The van der Waals surface area contributed by atoms with E-state index in [9.17, 15) is 9.59 Å². The summed E-state index contributed by atoms with van der Waals surface area (Å²) in [5, 5.41) is 7.12. The van der Waals surface area contributed by atoms with Gasteiger partial charge in [-0.2, -0.15) is 0 Å². The average molecular weight is 453 g/mol. The molecule has 5 nitrogen and oxygen atoms in total. The van der Waals surface area contributed by atoms with Gasteiger partial charge in [0.1, 0.15) is 5.75 Å². The number of methoxy groups -OCH3 is 1. The van der Waals surface area contributed by atoms with E-state index in [2.05, 4.69) is 24.5 Å². The van der Waals surface area contributed by atoms with Gasteiger partial charge in [0.25, 0.3) is 0 Å². The minimum Gasteiger partial charge on any atom is -0.497 e. The normalized spacial score (nSPS) is 18.7. The third-order valence-corrected chi connectivity index (χ3v) is 6.54. The number of fused-ring (bicyclic) bond motifs is 1. The highest BCUT2D eigenvalue weighted by atomic mass is 16.5. The van der Waals surface area contributed by atoms with E-state index in [1.807, 2.05) is 72.8 Å². The lowest BCUT2D eigenvalue weighted by Gasteiger charge is -2.34. The Morgan fingerprint density at radius 3 is 2.47 bits per heavy atom. The first kappa shape index (κ1) is 22.0. The van der Waals surface area contributed by atoms with E-state index >= 15 is 0 Å². The molecule has 34 heavy (non-hydrogen) atoms. The maximum Gasteiger partial charge on any atom is 0.193 e. The van der Waals surface area contributed by atoms with Gasteiger partial charge in [-0.25, -0.2) is 0 Å². The molecule has 1 atom stereocenters. The van der Waals surface area contributed by atoms with Gasteiger partial charge in [0, 0.05) is 28.8 Å². The quantitative estimate of drug-likeness (QED) is 0.465. The number of nitrogens with one attached hydrogen (secondary N) is 2. The molecule has 0 bridgehead atoms. The van der Waals surface area contributed by atoms with Gasteiger partial charge in [-0.1, -0.05) is 56.3 Å². The summed E-state index contributed by atoms with van der Waals surface area (Å²) in [6.07, 6.45) is 1.23. The van der Waals surface area contributed by atoms with Crippen molar-refractivity contribution in [1.29, 1.82) is 0 Å². The van der Waals surface area contributed by atoms with Crippen LogP contribution >= 0.6 is 0 Å². The highest BCUT2D eigenvalue weighted by molar-refractivity contribution is 6.10. The van der Waals surface area contributed by atoms with Crippen molar-refractivity contribution in [2.45, 2.75) is 32.7 Å². The van der Waals surface area contributed by atoms with Crippen LogP contribution in [0.3, 0.4) is 0 Å². The molecule has 3 aromatic rings. The van der Waals surface area contributed by atoms with E-state index in [1.54, 1.807) is 7.11 Å². The third kappa shape index (κ3) is 4.10. The summed E-state index contributed by atoms with van der Waals surface area (Å²) in [5.41, 5.74) is 5.35. The van der Waals surface area contributed by atoms with Crippen LogP contribution in [0.5, 0.6) is 5.75 Å². The number of ether oxygens (including phenoxy) is 1. The topological polar surface area (TPSA) is 67.4 Å². The maximum atomic E-state index is 13.4. The molecule has 5 rings (SSSR count). The summed E-state index contributed by atoms with van der Waals surface area (Å²) in [4.78, 5) is 26.5. The SMILES string of the molecule is COc1cccc(C2Nc3ccc(C(=O)c4ccccc4)cc3NC3=C2C(=O)CC(C)(C)C3)c1. The Labute approximate surface area is 199 Å². The van der Waals surface area contributed by atoms with Gasteiger partial charge in [-0.3, -0.25) is 9.59 Å². The van der Waals surface area contributed by atoms with Gasteiger partial charge in [-0.05, 0) is 47.7 Å². The van der Waals surface area contributed by atoms with Crippen molar-refractivity contribution in [3.63, 3.8) is 0 Å². The van der Waals surface area contributed by atoms with Gasteiger partial charge >= 0.3 is 0 Å². The van der Waals surface area contributed by atoms with E-state index in [0.717, 1.165) is 40.4 Å². The fourth-order valence-corrected chi connectivity index (χ4v) is 4.91. The molecule has 1 heterocycles. The lowest BCUT2D eigenvalue weighted by molar-refractivity contribution is -0.118. The fraction of sp³-hybridized carbons (Fsp3) is 0.241. The summed E-state index contributed by atoms with van der Waals surface area (Å²) in [5.74, 6) is 0.840. The van der Waals surface area contributed by atoms with Gasteiger partial charge in [-0.15, -0.1) is 0 Å². The number of anilines is 2. The number of rotatable bonds is 4. The van der Waals surface area contributed by atoms with Crippen molar-refractivity contribution >= 4 is 22.9 Å². The van der Waals surface area contributed by atoms with Gasteiger partial charge in [0.05, 0.1) is 24.5 Å². The first-order valence-electron chi connectivity index (χ1n) is 11.5. The fourth-order valence-electron chi connectivity index (χ4n) is 4.91. The van der Waals surface area contributed by atoms with Gasteiger partial charge < -0.3 is 15.4 Å². The van der Waals surface area contributed by atoms with Crippen LogP contribution in [0.15, 0.2) is 84.1 Å². The summed E-state index contributed by atoms with van der Waals surface area (Å²) in [7, 11) is 1.64. The zero-order valence-electron chi connectivity index (χ0n) is 19.6. The highest BCUT2D eigenvalue weighted by Crippen LogP contribution is 2.46. The molecular formula is C29H28N2O3. The smallest absolute Gasteiger partial charge is 0.193 e.